The number of sulfonamides is 1. The second-order valence-corrected chi connectivity index (χ2v) is 13.5. The highest BCUT2D eigenvalue weighted by Gasteiger charge is 2.62. The monoisotopic (exact) mass is 668 g/mol. The van der Waals surface area contributed by atoms with E-state index in [0.717, 1.165) is 28.3 Å². The number of carboxylic acid groups (broad SMARTS) is 1. The third-order valence-corrected chi connectivity index (χ3v) is 9.68. The molecule has 13 heteroatoms. The highest BCUT2D eigenvalue weighted by Crippen LogP contribution is 2.60. The van der Waals surface area contributed by atoms with Gasteiger partial charge < -0.3 is 15.2 Å². The van der Waals surface area contributed by atoms with E-state index >= 15 is 0 Å². The van der Waals surface area contributed by atoms with Crippen molar-refractivity contribution in [3.05, 3.63) is 101 Å². The van der Waals surface area contributed by atoms with Gasteiger partial charge in [0.2, 0.25) is 11.8 Å². The molecule has 1 aliphatic carbocycles. The average molecular weight is 669 g/mol. The number of halogens is 3. The second-order valence-electron chi connectivity index (χ2n) is 11.8. The first-order valence-electron chi connectivity index (χ1n) is 15.0. The average Bonchev–Trinajstić information content (AvgIpc) is 3.83. The molecule has 1 unspecified atom stereocenters. The molecule has 4 aromatic rings. The van der Waals surface area contributed by atoms with E-state index in [1.807, 2.05) is 62.4 Å². The van der Waals surface area contributed by atoms with E-state index in [2.05, 4.69) is 20.0 Å². The Morgan fingerprint density at radius 2 is 1.66 bits per heavy atom. The van der Waals surface area contributed by atoms with Crippen LogP contribution in [0.4, 0.5) is 19.1 Å². The van der Waals surface area contributed by atoms with Gasteiger partial charge in [0.25, 0.3) is 10.0 Å². The summed E-state index contributed by atoms with van der Waals surface area (Å²) in [5, 5.41) is 12.6. The lowest BCUT2D eigenvalue weighted by molar-refractivity contribution is -0.189. The first-order valence-corrected chi connectivity index (χ1v) is 16.5. The van der Waals surface area contributed by atoms with Crippen LogP contribution < -0.4 is 14.8 Å². The van der Waals surface area contributed by atoms with Crippen molar-refractivity contribution in [2.24, 2.45) is 5.41 Å². The number of hydrogen-bond donors (Lipinski definition) is 3. The van der Waals surface area contributed by atoms with Gasteiger partial charge in [-0.25, -0.2) is 22.9 Å². The summed E-state index contributed by atoms with van der Waals surface area (Å²) in [5.41, 5.74) is 1.89. The molecule has 5 rings (SSSR count). The maximum absolute atomic E-state index is 13.7. The third-order valence-electron chi connectivity index (χ3n) is 8.35. The fourth-order valence-corrected chi connectivity index (χ4v) is 6.42. The SMILES string of the molecule is Cc1cccc(C)c1-c1cc(OCC(CCC2(C(F)(F)F)CC2)NCc2ccccc2)nc(NS(=O)(=O)c2cccc(C(=O)O)c2)n1. The van der Waals surface area contributed by atoms with Gasteiger partial charge in [0.05, 0.1) is 21.6 Å². The minimum atomic E-state index is -4.32. The zero-order valence-corrected chi connectivity index (χ0v) is 26.7. The standard InChI is InChI=1S/C34H35F3N4O5S/c1-22-8-6-9-23(2)30(22)28-19-29(40-32(39-28)41-47(44,45)27-13-7-12-25(18-27)31(42)43)46-21-26(38-20-24-10-4-3-5-11-24)14-15-33(16-17-33)34(35,36)37/h3-13,18-19,26,38H,14-17,20-21H2,1-2H3,(H,42,43)(H,39,40,41). The Labute approximate surface area is 271 Å². The van der Waals surface area contributed by atoms with Gasteiger partial charge in [-0.2, -0.15) is 18.2 Å². The number of nitrogens with one attached hydrogen (secondary N) is 2. The number of rotatable bonds is 14. The maximum Gasteiger partial charge on any atom is 0.394 e. The van der Waals surface area contributed by atoms with Crippen LogP contribution in [0.1, 0.15) is 52.7 Å². The lowest BCUT2D eigenvalue weighted by Gasteiger charge is -2.24. The Morgan fingerprint density at radius 3 is 2.30 bits per heavy atom. The molecule has 9 nitrogen and oxygen atoms in total. The van der Waals surface area contributed by atoms with Crippen molar-refractivity contribution in [2.75, 3.05) is 11.3 Å². The van der Waals surface area contributed by atoms with Crippen LogP contribution in [-0.2, 0) is 16.6 Å². The molecule has 1 aromatic heterocycles. The van der Waals surface area contributed by atoms with Gasteiger partial charge in [0.15, 0.2) is 0 Å². The van der Waals surface area contributed by atoms with Crippen LogP contribution in [0.5, 0.6) is 5.88 Å². The molecule has 3 aromatic carbocycles. The molecule has 248 valence electrons. The van der Waals surface area contributed by atoms with Crippen LogP contribution >= 0.6 is 0 Å². The molecule has 0 saturated heterocycles. The molecule has 0 aliphatic heterocycles. The maximum atomic E-state index is 13.7. The summed E-state index contributed by atoms with van der Waals surface area (Å²) < 4.78 is 76.2. The Balaban J connectivity index is 1.43. The van der Waals surface area contributed by atoms with Crippen molar-refractivity contribution >= 4 is 21.9 Å². The number of aromatic carboxylic acids is 1. The zero-order chi connectivity index (χ0) is 33.8. The predicted octanol–water partition coefficient (Wildman–Crippen LogP) is 6.92. The summed E-state index contributed by atoms with van der Waals surface area (Å²) in [7, 11) is -4.32. The summed E-state index contributed by atoms with van der Waals surface area (Å²) in [4.78, 5) is 19.9. The molecule has 1 aliphatic rings. The number of carbonyl (C=O) groups is 1. The summed E-state index contributed by atoms with van der Waals surface area (Å²) in [6, 6.07) is 21.0. The molecule has 0 spiro atoms. The molecule has 1 fully saturated rings. The highest BCUT2D eigenvalue weighted by molar-refractivity contribution is 7.92. The van der Waals surface area contributed by atoms with Crippen LogP contribution in [-0.4, -0.2) is 48.3 Å². The number of alkyl halides is 3. The minimum absolute atomic E-state index is 0.0121. The Hall–Kier alpha value is -4.49. The Morgan fingerprint density at radius 1 is 0.979 bits per heavy atom. The highest BCUT2D eigenvalue weighted by atomic mass is 32.2. The number of carboxylic acids is 1. The topological polar surface area (TPSA) is 131 Å². The summed E-state index contributed by atoms with van der Waals surface area (Å²) in [6.07, 6.45) is -3.93. The molecular weight excluding hydrogens is 633 g/mol. The first kappa shape index (κ1) is 33.9. The predicted molar refractivity (Wildman–Crippen MR) is 171 cm³/mol. The zero-order valence-electron chi connectivity index (χ0n) is 25.8. The summed E-state index contributed by atoms with van der Waals surface area (Å²) in [6.45, 7) is 4.12. The molecule has 1 saturated carbocycles. The molecular formula is C34H35F3N4O5S. The van der Waals surface area contributed by atoms with E-state index in [1.165, 1.54) is 18.2 Å². The number of aromatic nitrogens is 2. The fraction of sp³-hybridized carbons (Fsp3) is 0.324. The largest absolute Gasteiger partial charge is 0.478 e. The van der Waals surface area contributed by atoms with Crippen molar-refractivity contribution in [1.29, 1.82) is 0 Å². The van der Waals surface area contributed by atoms with E-state index in [9.17, 15) is 31.5 Å². The molecule has 1 heterocycles. The fourth-order valence-electron chi connectivity index (χ4n) is 5.43. The van der Waals surface area contributed by atoms with Crippen molar-refractivity contribution in [1.82, 2.24) is 15.3 Å². The first-order chi connectivity index (χ1) is 22.3. The summed E-state index contributed by atoms with van der Waals surface area (Å²) in [5.74, 6) is -1.59. The van der Waals surface area contributed by atoms with E-state index in [1.54, 1.807) is 6.07 Å². The molecule has 0 bridgehead atoms. The van der Waals surface area contributed by atoms with Crippen LogP contribution in [0.3, 0.4) is 0 Å². The Bertz CT molecular complexity index is 1830. The van der Waals surface area contributed by atoms with Crippen molar-refractivity contribution < 1.29 is 36.2 Å². The molecule has 3 N–H and O–H groups in total. The molecule has 1 atom stereocenters. The van der Waals surface area contributed by atoms with Crippen LogP contribution in [0.25, 0.3) is 11.3 Å². The van der Waals surface area contributed by atoms with Crippen LogP contribution in [0, 0.1) is 19.3 Å². The van der Waals surface area contributed by atoms with Crippen LogP contribution in [0.15, 0.2) is 83.8 Å². The van der Waals surface area contributed by atoms with Gasteiger partial charge in [0, 0.05) is 24.2 Å². The summed E-state index contributed by atoms with van der Waals surface area (Å²) >= 11 is 0. The number of ether oxygens (including phenoxy) is 1. The van der Waals surface area contributed by atoms with E-state index in [4.69, 9.17) is 4.74 Å². The molecule has 47 heavy (non-hydrogen) atoms. The van der Waals surface area contributed by atoms with Gasteiger partial charge in [-0.3, -0.25) is 0 Å². The normalized spacial score (nSPS) is 14.7. The van der Waals surface area contributed by atoms with E-state index in [0.29, 0.717) is 12.2 Å². The lowest BCUT2D eigenvalue weighted by Crippen LogP contribution is -2.36. The van der Waals surface area contributed by atoms with Crippen molar-refractivity contribution in [3.8, 4) is 17.1 Å². The lowest BCUT2D eigenvalue weighted by atomic mass is 9.96. The number of benzene rings is 3. The Kier molecular flexibility index (Phi) is 9.87. The number of aryl methyl sites for hydroxylation is 2. The number of nitrogens with zero attached hydrogens (tertiary/aromatic N) is 2. The van der Waals surface area contributed by atoms with E-state index in [-0.39, 0.29) is 54.6 Å². The number of anilines is 1. The van der Waals surface area contributed by atoms with E-state index < -0.39 is 33.6 Å². The van der Waals surface area contributed by atoms with Gasteiger partial charge in [-0.1, -0.05) is 54.6 Å². The smallest absolute Gasteiger partial charge is 0.394 e. The quantitative estimate of drug-likeness (QED) is 0.132. The van der Waals surface area contributed by atoms with Gasteiger partial charge in [0.1, 0.15) is 6.61 Å². The van der Waals surface area contributed by atoms with Gasteiger partial charge >= 0.3 is 12.1 Å². The molecule has 0 radical (unpaired) electrons. The van der Waals surface area contributed by atoms with Crippen LogP contribution in [0.2, 0.25) is 0 Å². The van der Waals surface area contributed by atoms with Crippen molar-refractivity contribution in [3.63, 3.8) is 0 Å². The number of hydrogen-bond acceptors (Lipinski definition) is 7. The molecule has 0 amide bonds. The third kappa shape index (κ3) is 8.27. The van der Waals surface area contributed by atoms with Gasteiger partial charge in [-0.15, -0.1) is 0 Å². The minimum Gasteiger partial charge on any atom is -0.478 e. The van der Waals surface area contributed by atoms with Gasteiger partial charge in [-0.05, 0) is 74.4 Å². The second kappa shape index (κ2) is 13.7. The van der Waals surface area contributed by atoms with Crippen molar-refractivity contribution in [2.45, 2.75) is 63.2 Å².